The van der Waals surface area contributed by atoms with E-state index in [1.807, 2.05) is 26.8 Å². The maximum atomic E-state index is 12.8. The Balaban J connectivity index is 1.59. The number of carbonyl (C=O) groups is 1. The Morgan fingerprint density at radius 3 is 2.75 bits per heavy atom. The van der Waals surface area contributed by atoms with E-state index in [-0.39, 0.29) is 17.9 Å². The molecule has 1 aromatic heterocycles. The van der Waals surface area contributed by atoms with Gasteiger partial charge in [-0.25, -0.2) is 0 Å². The number of morpholine rings is 1. The quantitative estimate of drug-likeness (QED) is 0.855. The van der Waals surface area contributed by atoms with Crippen LogP contribution in [0.4, 0.5) is 0 Å². The van der Waals surface area contributed by atoms with Crippen molar-refractivity contribution in [2.45, 2.75) is 38.8 Å². The van der Waals surface area contributed by atoms with Crippen LogP contribution in [0.2, 0.25) is 0 Å². The molecule has 2 fully saturated rings. The van der Waals surface area contributed by atoms with Gasteiger partial charge in [0.25, 0.3) is 0 Å². The van der Waals surface area contributed by atoms with Crippen LogP contribution in [0.15, 0.2) is 10.6 Å². The van der Waals surface area contributed by atoms with Crippen molar-refractivity contribution >= 4 is 5.91 Å². The molecule has 0 radical (unpaired) electrons. The van der Waals surface area contributed by atoms with E-state index in [1.54, 1.807) is 0 Å². The molecule has 0 aliphatic carbocycles. The molecule has 0 bridgehead atoms. The van der Waals surface area contributed by atoms with Crippen LogP contribution >= 0.6 is 0 Å². The summed E-state index contributed by atoms with van der Waals surface area (Å²) in [5.41, 5.74) is 0.317. The molecule has 7 nitrogen and oxygen atoms in total. The Morgan fingerprint density at radius 1 is 1.33 bits per heavy atom. The molecule has 0 aromatic carbocycles. The van der Waals surface area contributed by atoms with Crippen LogP contribution in [0.1, 0.15) is 25.3 Å². The van der Waals surface area contributed by atoms with E-state index in [0.717, 1.165) is 31.0 Å². The van der Waals surface area contributed by atoms with Crippen LogP contribution in [0, 0.1) is 12.8 Å². The predicted octanol–water partition coefficient (Wildman–Crippen LogP) is 0.768. The normalized spacial score (nSPS) is 25.8. The first-order chi connectivity index (χ1) is 11.5. The van der Waals surface area contributed by atoms with Gasteiger partial charge >= 0.3 is 0 Å². The molecule has 2 atom stereocenters. The average Bonchev–Trinajstić information content (AvgIpc) is 3.18. The fourth-order valence-electron chi connectivity index (χ4n) is 3.34. The Hall–Kier alpha value is -1.44. The molecule has 2 aliphatic heterocycles. The van der Waals surface area contributed by atoms with Crippen LogP contribution in [0.5, 0.6) is 0 Å². The highest BCUT2D eigenvalue weighted by molar-refractivity contribution is 5.85. The lowest BCUT2D eigenvalue weighted by Crippen LogP contribution is -2.60. The molecule has 1 amide bonds. The van der Waals surface area contributed by atoms with Gasteiger partial charge in [0.15, 0.2) is 0 Å². The number of nitrogens with zero attached hydrogens (tertiary/aromatic N) is 2. The largest absolute Gasteiger partial charge is 0.379 e. The highest BCUT2D eigenvalue weighted by Crippen LogP contribution is 2.22. The number of ether oxygens (including phenoxy) is 2. The SMILES string of the molecule is Cc1cc(CC2COCC2NC(=O)C(C)(C)N2CCOCC2)on1. The van der Waals surface area contributed by atoms with Gasteiger partial charge in [-0.1, -0.05) is 5.16 Å². The van der Waals surface area contributed by atoms with E-state index < -0.39 is 5.54 Å². The maximum absolute atomic E-state index is 12.8. The van der Waals surface area contributed by atoms with Crippen molar-refractivity contribution < 1.29 is 18.8 Å². The predicted molar refractivity (Wildman–Crippen MR) is 87.7 cm³/mol. The third kappa shape index (κ3) is 3.79. The summed E-state index contributed by atoms with van der Waals surface area (Å²) in [5, 5.41) is 7.11. The van der Waals surface area contributed by atoms with Crippen molar-refractivity contribution in [3.8, 4) is 0 Å². The third-order valence-electron chi connectivity index (χ3n) is 5.01. The highest BCUT2D eigenvalue weighted by Gasteiger charge is 2.39. The number of hydrogen-bond acceptors (Lipinski definition) is 6. The summed E-state index contributed by atoms with van der Waals surface area (Å²) in [5.74, 6) is 1.09. The zero-order valence-electron chi connectivity index (χ0n) is 14.7. The van der Waals surface area contributed by atoms with Gasteiger partial charge in [0.2, 0.25) is 5.91 Å². The Bertz CT molecular complexity index is 566. The standard InChI is InChI=1S/C17H27N3O4/c1-12-8-14(24-19-12)9-13-10-23-11-15(13)18-16(21)17(2,3)20-4-6-22-7-5-20/h8,13,15H,4-7,9-11H2,1-3H3,(H,18,21). The average molecular weight is 337 g/mol. The summed E-state index contributed by atoms with van der Waals surface area (Å²) in [6.45, 7) is 9.93. The van der Waals surface area contributed by atoms with Crippen LogP contribution in [-0.2, 0) is 20.7 Å². The second-order valence-corrected chi connectivity index (χ2v) is 7.17. The summed E-state index contributed by atoms with van der Waals surface area (Å²) in [6, 6.07) is 1.94. The number of carbonyl (C=O) groups excluding carboxylic acids is 1. The molecule has 7 heteroatoms. The van der Waals surface area contributed by atoms with Crippen LogP contribution in [0.3, 0.4) is 0 Å². The van der Waals surface area contributed by atoms with Gasteiger partial charge in [-0.3, -0.25) is 9.69 Å². The highest BCUT2D eigenvalue weighted by atomic mass is 16.5. The van der Waals surface area contributed by atoms with E-state index in [2.05, 4.69) is 15.4 Å². The van der Waals surface area contributed by atoms with Crippen molar-refractivity contribution in [3.05, 3.63) is 17.5 Å². The number of hydrogen-bond donors (Lipinski definition) is 1. The van der Waals surface area contributed by atoms with Crippen molar-refractivity contribution in [1.82, 2.24) is 15.4 Å². The first kappa shape index (κ1) is 17.4. The van der Waals surface area contributed by atoms with Gasteiger partial charge in [0, 0.05) is 31.5 Å². The second kappa shape index (κ2) is 7.21. The minimum absolute atomic E-state index is 0.00298. The van der Waals surface area contributed by atoms with Gasteiger partial charge in [-0.2, -0.15) is 0 Å². The summed E-state index contributed by atoms with van der Waals surface area (Å²) in [7, 11) is 0. The van der Waals surface area contributed by atoms with Crippen LogP contribution in [0.25, 0.3) is 0 Å². The molecule has 134 valence electrons. The first-order valence-corrected chi connectivity index (χ1v) is 8.60. The molecular formula is C17H27N3O4. The molecule has 2 saturated heterocycles. The molecule has 0 saturated carbocycles. The van der Waals surface area contributed by atoms with Gasteiger partial charge in [0.1, 0.15) is 5.76 Å². The minimum Gasteiger partial charge on any atom is -0.379 e. The van der Waals surface area contributed by atoms with Gasteiger partial charge < -0.3 is 19.3 Å². The van der Waals surface area contributed by atoms with E-state index >= 15 is 0 Å². The number of nitrogens with one attached hydrogen (secondary N) is 1. The lowest BCUT2D eigenvalue weighted by molar-refractivity contribution is -0.135. The van der Waals surface area contributed by atoms with Crippen LogP contribution < -0.4 is 5.32 Å². The first-order valence-electron chi connectivity index (χ1n) is 8.60. The maximum Gasteiger partial charge on any atom is 0.240 e. The molecule has 2 aliphatic rings. The fraction of sp³-hybridized carbons (Fsp3) is 0.765. The Morgan fingerprint density at radius 2 is 2.08 bits per heavy atom. The van der Waals surface area contributed by atoms with E-state index in [1.165, 1.54) is 0 Å². The molecule has 1 N–H and O–H groups in total. The van der Waals surface area contributed by atoms with Crippen molar-refractivity contribution in [1.29, 1.82) is 0 Å². The van der Waals surface area contributed by atoms with E-state index in [0.29, 0.717) is 26.4 Å². The topological polar surface area (TPSA) is 76.8 Å². The summed E-state index contributed by atoms with van der Waals surface area (Å²) in [6.07, 6.45) is 0.726. The molecule has 3 rings (SSSR count). The summed E-state index contributed by atoms with van der Waals surface area (Å²) in [4.78, 5) is 15.0. The number of aryl methyl sites for hydroxylation is 1. The Kier molecular flexibility index (Phi) is 5.22. The van der Waals surface area contributed by atoms with Crippen molar-refractivity contribution in [2.75, 3.05) is 39.5 Å². The smallest absolute Gasteiger partial charge is 0.240 e. The molecule has 2 unspecified atom stereocenters. The molecule has 24 heavy (non-hydrogen) atoms. The van der Waals surface area contributed by atoms with E-state index in [4.69, 9.17) is 14.0 Å². The monoisotopic (exact) mass is 337 g/mol. The van der Waals surface area contributed by atoms with E-state index in [9.17, 15) is 4.79 Å². The third-order valence-corrected chi connectivity index (χ3v) is 5.01. The zero-order chi connectivity index (χ0) is 17.2. The van der Waals surface area contributed by atoms with Gasteiger partial charge in [-0.05, 0) is 20.8 Å². The van der Waals surface area contributed by atoms with Gasteiger partial charge in [0.05, 0.1) is 43.7 Å². The van der Waals surface area contributed by atoms with Crippen molar-refractivity contribution in [3.63, 3.8) is 0 Å². The minimum atomic E-state index is -0.556. The Labute approximate surface area is 142 Å². The lowest BCUT2D eigenvalue weighted by atomic mass is 9.95. The molecule has 0 spiro atoms. The summed E-state index contributed by atoms with van der Waals surface area (Å²) >= 11 is 0. The summed E-state index contributed by atoms with van der Waals surface area (Å²) < 4.78 is 16.3. The van der Waals surface area contributed by atoms with Crippen molar-refractivity contribution in [2.24, 2.45) is 5.92 Å². The molecule has 3 heterocycles. The number of amides is 1. The van der Waals surface area contributed by atoms with Gasteiger partial charge in [-0.15, -0.1) is 0 Å². The number of aromatic nitrogens is 1. The second-order valence-electron chi connectivity index (χ2n) is 7.17. The zero-order valence-corrected chi connectivity index (χ0v) is 14.7. The number of rotatable bonds is 5. The molecular weight excluding hydrogens is 310 g/mol. The molecule has 1 aromatic rings. The van der Waals surface area contributed by atoms with Crippen LogP contribution in [-0.4, -0.2) is 67.1 Å². The lowest BCUT2D eigenvalue weighted by Gasteiger charge is -2.40. The fourth-order valence-corrected chi connectivity index (χ4v) is 3.34.